The monoisotopic (exact) mass is 317 g/mol. The van der Waals surface area contributed by atoms with Crippen molar-refractivity contribution < 1.29 is 14.3 Å². The molecule has 0 bridgehead atoms. The zero-order chi connectivity index (χ0) is 15.9. The van der Waals surface area contributed by atoms with E-state index in [-0.39, 0.29) is 11.7 Å². The Balaban J connectivity index is 2.21. The molecule has 4 nitrogen and oxygen atoms in total. The summed E-state index contributed by atoms with van der Waals surface area (Å²) in [6.45, 7) is 1.20. The summed E-state index contributed by atoms with van der Waals surface area (Å²) in [7, 11) is 3.38. The summed E-state index contributed by atoms with van der Waals surface area (Å²) in [5, 5.41) is 1.86. The van der Waals surface area contributed by atoms with Gasteiger partial charge >= 0.3 is 0 Å². The van der Waals surface area contributed by atoms with E-state index in [1.54, 1.807) is 49.4 Å². The Morgan fingerprint density at radius 1 is 1.14 bits per heavy atom. The average molecular weight is 317 g/mol. The van der Waals surface area contributed by atoms with E-state index in [0.717, 1.165) is 6.42 Å². The minimum atomic E-state index is -0.142. The van der Waals surface area contributed by atoms with Gasteiger partial charge in [-0.25, -0.2) is 0 Å². The molecule has 1 aromatic carbocycles. The molecule has 22 heavy (non-hydrogen) atoms. The molecule has 0 aliphatic rings. The van der Waals surface area contributed by atoms with Gasteiger partial charge in [0.1, 0.15) is 0 Å². The highest BCUT2D eigenvalue weighted by Crippen LogP contribution is 2.19. The summed E-state index contributed by atoms with van der Waals surface area (Å²) in [4.78, 5) is 27.4. The standard InChI is InChI=1S/C17H19NO3S/c1-18(10-6-11-21-2)17(20)14-8-4-3-7-13(14)16(19)15-9-5-12-22-15/h3-5,7-9,12H,6,10-11H2,1-2H3. The molecule has 0 atom stereocenters. The highest BCUT2D eigenvalue weighted by Gasteiger charge is 2.20. The lowest BCUT2D eigenvalue weighted by Gasteiger charge is -2.18. The molecule has 2 aromatic rings. The lowest BCUT2D eigenvalue weighted by Crippen LogP contribution is -2.29. The molecule has 0 N–H and O–H groups in total. The first kappa shape index (κ1) is 16.4. The van der Waals surface area contributed by atoms with Gasteiger partial charge in [0.25, 0.3) is 5.91 Å². The molecular weight excluding hydrogens is 298 g/mol. The van der Waals surface area contributed by atoms with Gasteiger partial charge in [0, 0.05) is 32.9 Å². The third kappa shape index (κ3) is 3.81. The third-order valence-corrected chi connectivity index (χ3v) is 4.20. The molecule has 0 aliphatic carbocycles. The Hall–Kier alpha value is -1.98. The van der Waals surface area contributed by atoms with Gasteiger partial charge < -0.3 is 9.64 Å². The Morgan fingerprint density at radius 2 is 1.86 bits per heavy atom. The first-order chi connectivity index (χ1) is 10.6. The van der Waals surface area contributed by atoms with Crippen LogP contribution in [0.2, 0.25) is 0 Å². The minimum absolute atomic E-state index is 0.107. The fourth-order valence-corrected chi connectivity index (χ4v) is 2.84. The predicted octanol–water partition coefficient (Wildman–Crippen LogP) is 3.09. The lowest BCUT2D eigenvalue weighted by atomic mass is 10.0. The number of amides is 1. The number of nitrogens with zero attached hydrogens (tertiary/aromatic N) is 1. The van der Waals surface area contributed by atoms with Crippen molar-refractivity contribution in [3.05, 3.63) is 57.8 Å². The molecule has 0 radical (unpaired) electrons. The van der Waals surface area contributed by atoms with E-state index in [9.17, 15) is 9.59 Å². The van der Waals surface area contributed by atoms with Gasteiger partial charge in [-0.1, -0.05) is 24.3 Å². The summed E-state index contributed by atoms with van der Waals surface area (Å²) in [5.74, 6) is -0.249. The van der Waals surface area contributed by atoms with Gasteiger partial charge in [-0.15, -0.1) is 11.3 Å². The molecule has 1 aromatic heterocycles. The van der Waals surface area contributed by atoms with E-state index in [1.165, 1.54) is 11.3 Å². The molecule has 0 unspecified atom stereocenters. The number of rotatable bonds is 7. The molecule has 1 heterocycles. The number of ether oxygens (including phenoxy) is 1. The van der Waals surface area contributed by atoms with Crippen molar-refractivity contribution in [3.63, 3.8) is 0 Å². The lowest BCUT2D eigenvalue weighted by molar-refractivity contribution is 0.0775. The van der Waals surface area contributed by atoms with Gasteiger partial charge in [0.2, 0.25) is 5.78 Å². The molecule has 0 saturated carbocycles. The Kier molecular flexibility index (Phi) is 5.86. The second-order valence-electron chi connectivity index (χ2n) is 4.93. The van der Waals surface area contributed by atoms with Crippen LogP contribution in [0.15, 0.2) is 41.8 Å². The normalized spacial score (nSPS) is 10.5. The maximum absolute atomic E-state index is 12.6. The van der Waals surface area contributed by atoms with Gasteiger partial charge in [0.15, 0.2) is 0 Å². The van der Waals surface area contributed by atoms with Crippen molar-refractivity contribution >= 4 is 23.0 Å². The van der Waals surface area contributed by atoms with Crippen molar-refractivity contribution in [1.29, 1.82) is 0 Å². The number of ketones is 1. The van der Waals surface area contributed by atoms with Gasteiger partial charge in [0.05, 0.1) is 10.4 Å². The molecule has 116 valence electrons. The molecule has 1 amide bonds. The summed E-state index contributed by atoms with van der Waals surface area (Å²) in [6.07, 6.45) is 0.764. The molecule has 5 heteroatoms. The van der Waals surface area contributed by atoms with Crippen LogP contribution in [-0.2, 0) is 4.74 Å². The fourth-order valence-electron chi connectivity index (χ4n) is 2.16. The number of methoxy groups -OCH3 is 1. The number of hydrogen-bond acceptors (Lipinski definition) is 4. The van der Waals surface area contributed by atoms with Crippen LogP contribution in [0.5, 0.6) is 0 Å². The van der Waals surface area contributed by atoms with E-state index in [4.69, 9.17) is 4.74 Å². The Labute approximate surface area is 134 Å². The van der Waals surface area contributed by atoms with Crippen LogP contribution in [0.4, 0.5) is 0 Å². The number of thiophene rings is 1. The van der Waals surface area contributed by atoms with Crippen molar-refractivity contribution in [1.82, 2.24) is 4.90 Å². The second kappa shape index (κ2) is 7.87. The molecule has 0 aliphatic heterocycles. The van der Waals surface area contributed by atoms with E-state index < -0.39 is 0 Å². The second-order valence-corrected chi connectivity index (χ2v) is 5.87. The van der Waals surface area contributed by atoms with Gasteiger partial charge in [-0.3, -0.25) is 9.59 Å². The summed E-state index contributed by atoms with van der Waals surface area (Å²) >= 11 is 1.38. The van der Waals surface area contributed by atoms with Crippen LogP contribution in [0.3, 0.4) is 0 Å². The van der Waals surface area contributed by atoms with Crippen LogP contribution >= 0.6 is 11.3 Å². The van der Waals surface area contributed by atoms with Crippen molar-refractivity contribution in [3.8, 4) is 0 Å². The van der Waals surface area contributed by atoms with E-state index in [2.05, 4.69) is 0 Å². The number of benzene rings is 1. The van der Waals surface area contributed by atoms with Crippen molar-refractivity contribution in [2.75, 3.05) is 27.3 Å². The van der Waals surface area contributed by atoms with Crippen LogP contribution in [0.25, 0.3) is 0 Å². The summed E-state index contributed by atoms with van der Waals surface area (Å²) < 4.78 is 5.00. The van der Waals surface area contributed by atoms with E-state index in [0.29, 0.717) is 29.2 Å². The predicted molar refractivity (Wildman–Crippen MR) is 87.6 cm³/mol. The maximum Gasteiger partial charge on any atom is 0.254 e. The zero-order valence-corrected chi connectivity index (χ0v) is 13.6. The molecular formula is C17H19NO3S. The SMILES string of the molecule is COCCCN(C)C(=O)c1ccccc1C(=O)c1cccs1. The largest absolute Gasteiger partial charge is 0.385 e. The quantitative estimate of drug-likeness (QED) is 0.582. The average Bonchev–Trinajstić information content (AvgIpc) is 3.08. The molecule has 0 spiro atoms. The van der Waals surface area contributed by atoms with Gasteiger partial charge in [-0.2, -0.15) is 0 Å². The molecule has 0 saturated heterocycles. The van der Waals surface area contributed by atoms with Crippen molar-refractivity contribution in [2.45, 2.75) is 6.42 Å². The Bertz CT molecular complexity index is 637. The number of hydrogen-bond donors (Lipinski definition) is 0. The van der Waals surface area contributed by atoms with Crippen LogP contribution in [-0.4, -0.2) is 43.9 Å². The fraction of sp³-hybridized carbons (Fsp3) is 0.294. The smallest absolute Gasteiger partial charge is 0.254 e. The summed E-state index contributed by atoms with van der Waals surface area (Å²) in [5.41, 5.74) is 0.898. The molecule has 2 rings (SSSR count). The van der Waals surface area contributed by atoms with E-state index >= 15 is 0 Å². The maximum atomic E-state index is 12.6. The highest BCUT2D eigenvalue weighted by atomic mass is 32.1. The van der Waals surface area contributed by atoms with Crippen LogP contribution in [0, 0.1) is 0 Å². The zero-order valence-electron chi connectivity index (χ0n) is 12.7. The highest BCUT2D eigenvalue weighted by molar-refractivity contribution is 7.12. The van der Waals surface area contributed by atoms with Crippen LogP contribution in [0.1, 0.15) is 32.0 Å². The minimum Gasteiger partial charge on any atom is -0.385 e. The Morgan fingerprint density at radius 3 is 2.50 bits per heavy atom. The van der Waals surface area contributed by atoms with E-state index in [1.807, 2.05) is 11.4 Å². The number of carbonyl (C=O) groups excluding carboxylic acids is 2. The van der Waals surface area contributed by atoms with Gasteiger partial charge in [-0.05, 0) is 23.9 Å². The first-order valence-electron chi connectivity index (χ1n) is 7.06. The third-order valence-electron chi connectivity index (χ3n) is 3.34. The topological polar surface area (TPSA) is 46.6 Å². The molecule has 0 fully saturated rings. The first-order valence-corrected chi connectivity index (χ1v) is 7.94. The van der Waals surface area contributed by atoms with Crippen LogP contribution < -0.4 is 0 Å². The summed E-state index contributed by atoms with van der Waals surface area (Å²) in [6, 6.07) is 10.6. The van der Waals surface area contributed by atoms with Crippen molar-refractivity contribution in [2.24, 2.45) is 0 Å². The number of carbonyl (C=O) groups is 2.